The number of hydrogen-bond acceptors (Lipinski definition) is 7. The highest BCUT2D eigenvalue weighted by Crippen LogP contribution is 2.23. The van der Waals surface area contributed by atoms with Crippen LogP contribution in [0.1, 0.15) is 6.42 Å². The molecule has 132 valence electrons. The fourth-order valence-corrected chi connectivity index (χ4v) is 3.05. The van der Waals surface area contributed by atoms with Crippen LogP contribution in [-0.2, 0) is 4.79 Å². The molecule has 2 heterocycles. The number of rotatable bonds is 7. The third kappa shape index (κ3) is 3.87. The number of carbonyl (C=O) groups excluding carboxylic acids is 1. The first-order valence-electron chi connectivity index (χ1n) is 7.80. The maximum Gasteiger partial charge on any atom is 0.237 e. The molecule has 0 aliphatic rings. The van der Waals surface area contributed by atoms with E-state index < -0.39 is 0 Å². The van der Waals surface area contributed by atoms with Gasteiger partial charge in [0.15, 0.2) is 5.76 Å². The van der Waals surface area contributed by atoms with Gasteiger partial charge in [-0.1, -0.05) is 30.0 Å². The van der Waals surface area contributed by atoms with Gasteiger partial charge in [0.1, 0.15) is 0 Å². The molecule has 3 rings (SSSR count). The summed E-state index contributed by atoms with van der Waals surface area (Å²) < 4.78 is 6.55. The van der Waals surface area contributed by atoms with Gasteiger partial charge in [-0.15, -0.1) is 10.2 Å². The van der Waals surface area contributed by atoms with Gasteiger partial charge in [-0.25, -0.2) is 4.68 Å². The highest BCUT2D eigenvalue weighted by molar-refractivity contribution is 7.99. The Morgan fingerprint density at radius 2 is 2.08 bits per heavy atom. The molecule has 0 radical (unpaired) electrons. The topological polar surface area (TPSA) is 114 Å². The third-order valence-corrected chi connectivity index (χ3v) is 4.47. The van der Waals surface area contributed by atoms with Crippen molar-refractivity contribution >= 4 is 23.4 Å². The van der Waals surface area contributed by atoms with E-state index in [-0.39, 0.29) is 18.1 Å². The Kier molecular flexibility index (Phi) is 5.56. The molecule has 8 nitrogen and oxygen atoms in total. The number of anilines is 1. The van der Waals surface area contributed by atoms with Crippen LogP contribution in [0.5, 0.6) is 0 Å². The van der Waals surface area contributed by atoms with Gasteiger partial charge < -0.3 is 15.2 Å². The van der Waals surface area contributed by atoms with Gasteiger partial charge in [-0.3, -0.25) is 4.79 Å². The number of hydrogen-bond donors (Lipinski definition) is 1. The molecule has 0 saturated heterocycles. The molecule has 0 fully saturated rings. The molecule has 9 heteroatoms. The minimum Gasteiger partial charge on any atom is -0.461 e. The van der Waals surface area contributed by atoms with Crippen LogP contribution in [0.25, 0.3) is 11.6 Å². The Morgan fingerprint density at radius 3 is 2.77 bits per heavy atom. The van der Waals surface area contributed by atoms with E-state index >= 15 is 0 Å². The number of nitriles is 1. The van der Waals surface area contributed by atoms with Gasteiger partial charge in [0, 0.05) is 12.2 Å². The molecule has 0 aliphatic carbocycles. The SMILES string of the molecule is N#CCCN(C(=O)CSc1nnc(-c2ccco2)n1N)c1ccccc1. The average molecular weight is 368 g/mol. The summed E-state index contributed by atoms with van der Waals surface area (Å²) >= 11 is 1.18. The van der Waals surface area contributed by atoms with E-state index in [9.17, 15) is 4.79 Å². The van der Waals surface area contributed by atoms with E-state index in [0.717, 1.165) is 5.69 Å². The standard InChI is InChI=1S/C17H16N6O2S/c18-9-5-10-22(13-6-2-1-3-7-13)15(24)12-26-17-21-20-16(23(17)19)14-8-4-11-25-14/h1-4,6-8,11H,5,10,12,19H2. The van der Waals surface area contributed by atoms with Crippen LogP contribution in [0.4, 0.5) is 5.69 Å². The van der Waals surface area contributed by atoms with E-state index in [2.05, 4.69) is 16.3 Å². The maximum absolute atomic E-state index is 12.6. The number of thioether (sulfide) groups is 1. The van der Waals surface area contributed by atoms with Crippen molar-refractivity contribution in [1.82, 2.24) is 14.9 Å². The van der Waals surface area contributed by atoms with Gasteiger partial charge >= 0.3 is 0 Å². The summed E-state index contributed by atoms with van der Waals surface area (Å²) in [6, 6.07) is 14.8. The summed E-state index contributed by atoms with van der Waals surface area (Å²) in [7, 11) is 0. The molecule has 3 aromatic rings. The Labute approximate surface area is 154 Å². The quantitative estimate of drug-likeness (QED) is 0.502. The minimum atomic E-state index is -0.140. The molecule has 0 saturated carbocycles. The Balaban J connectivity index is 1.70. The average Bonchev–Trinajstić information content (AvgIpc) is 3.31. The van der Waals surface area contributed by atoms with Gasteiger partial charge in [0.25, 0.3) is 0 Å². The molecule has 1 amide bonds. The maximum atomic E-state index is 12.6. The van der Waals surface area contributed by atoms with Crippen LogP contribution in [0.15, 0.2) is 58.3 Å². The molecule has 26 heavy (non-hydrogen) atoms. The van der Waals surface area contributed by atoms with Crippen LogP contribution in [-0.4, -0.2) is 33.1 Å². The van der Waals surface area contributed by atoms with Crippen LogP contribution in [0.2, 0.25) is 0 Å². The smallest absolute Gasteiger partial charge is 0.237 e. The van der Waals surface area contributed by atoms with Gasteiger partial charge in [0.2, 0.25) is 16.9 Å². The summed E-state index contributed by atoms with van der Waals surface area (Å²) in [6.07, 6.45) is 1.77. The van der Waals surface area contributed by atoms with Crippen molar-refractivity contribution in [3.63, 3.8) is 0 Å². The molecule has 0 atom stereocenters. The molecule has 1 aromatic carbocycles. The zero-order valence-electron chi connectivity index (χ0n) is 13.8. The van der Waals surface area contributed by atoms with E-state index in [0.29, 0.717) is 23.3 Å². The first kappa shape index (κ1) is 17.6. The number of nitrogens with two attached hydrogens (primary N) is 1. The van der Waals surface area contributed by atoms with E-state index in [1.165, 1.54) is 22.7 Å². The summed E-state index contributed by atoms with van der Waals surface area (Å²) in [4.78, 5) is 14.2. The summed E-state index contributed by atoms with van der Waals surface area (Å²) in [5.41, 5.74) is 0.749. The first-order chi connectivity index (χ1) is 12.7. The third-order valence-electron chi connectivity index (χ3n) is 3.55. The van der Waals surface area contributed by atoms with Crippen molar-refractivity contribution in [2.75, 3.05) is 23.0 Å². The van der Waals surface area contributed by atoms with Crippen molar-refractivity contribution < 1.29 is 9.21 Å². The monoisotopic (exact) mass is 368 g/mol. The van der Waals surface area contributed by atoms with Crippen LogP contribution in [0.3, 0.4) is 0 Å². The van der Waals surface area contributed by atoms with E-state index in [1.807, 2.05) is 30.3 Å². The number of furan rings is 1. The summed E-state index contributed by atoms with van der Waals surface area (Å²) in [6.45, 7) is 0.326. The van der Waals surface area contributed by atoms with Crippen molar-refractivity contribution in [1.29, 1.82) is 5.26 Å². The number of nitrogen functional groups attached to an aromatic ring is 1. The molecule has 0 bridgehead atoms. The predicted octanol–water partition coefficient (Wildman–Crippen LogP) is 2.29. The van der Waals surface area contributed by atoms with E-state index in [4.69, 9.17) is 15.5 Å². The second-order valence-corrected chi connectivity index (χ2v) is 6.17. The number of amides is 1. The lowest BCUT2D eigenvalue weighted by Crippen LogP contribution is -2.33. The molecule has 2 aromatic heterocycles. The molecule has 0 unspecified atom stereocenters. The van der Waals surface area contributed by atoms with Crippen molar-refractivity contribution in [2.24, 2.45) is 0 Å². The fraction of sp³-hybridized carbons (Fsp3) is 0.176. The molecular formula is C17H16N6O2S. The lowest BCUT2D eigenvalue weighted by Gasteiger charge is -2.21. The van der Waals surface area contributed by atoms with Crippen LogP contribution in [0, 0.1) is 11.3 Å². The number of para-hydroxylation sites is 1. The molecular weight excluding hydrogens is 352 g/mol. The number of carbonyl (C=O) groups is 1. The molecule has 2 N–H and O–H groups in total. The largest absolute Gasteiger partial charge is 0.461 e. The zero-order valence-corrected chi connectivity index (χ0v) is 14.6. The van der Waals surface area contributed by atoms with Crippen molar-refractivity contribution in [3.8, 4) is 17.7 Å². The van der Waals surface area contributed by atoms with E-state index in [1.54, 1.807) is 17.0 Å². The van der Waals surface area contributed by atoms with Gasteiger partial charge in [0.05, 0.1) is 24.5 Å². The Hall–Kier alpha value is -3.25. The van der Waals surface area contributed by atoms with Crippen LogP contribution >= 0.6 is 11.8 Å². The predicted molar refractivity (Wildman–Crippen MR) is 97.6 cm³/mol. The second kappa shape index (κ2) is 8.22. The number of nitrogens with zero attached hydrogens (tertiary/aromatic N) is 5. The van der Waals surface area contributed by atoms with Gasteiger partial charge in [-0.2, -0.15) is 5.26 Å². The Bertz CT molecular complexity index is 901. The normalized spacial score (nSPS) is 10.4. The lowest BCUT2D eigenvalue weighted by atomic mass is 10.2. The lowest BCUT2D eigenvalue weighted by molar-refractivity contribution is -0.116. The fourth-order valence-electron chi connectivity index (χ4n) is 2.32. The highest BCUT2D eigenvalue weighted by Gasteiger charge is 2.19. The number of benzene rings is 1. The number of aromatic nitrogens is 3. The molecule has 0 aliphatic heterocycles. The first-order valence-corrected chi connectivity index (χ1v) is 8.79. The highest BCUT2D eigenvalue weighted by atomic mass is 32.2. The van der Waals surface area contributed by atoms with Gasteiger partial charge in [-0.05, 0) is 24.3 Å². The minimum absolute atomic E-state index is 0.119. The summed E-state index contributed by atoms with van der Waals surface area (Å²) in [5.74, 6) is 6.85. The Morgan fingerprint density at radius 1 is 1.27 bits per heavy atom. The molecule has 0 spiro atoms. The van der Waals surface area contributed by atoms with Crippen LogP contribution < -0.4 is 10.7 Å². The van der Waals surface area contributed by atoms with Crippen molar-refractivity contribution in [3.05, 3.63) is 48.7 Å². The second-order valence-electron chi connectivity index (χ2n) is 5.23. The zero-order chi connectivity index (χ0) is 18.4. The van der Waals surface area contributed by atoms with Crippen molar-refractivity contribution in [2.45, 2.75) is 11.6 Å². The summed E-state index contributed by atoms with van der Waals surface area (Å²) in [5, 5.41) is 17.2.